The molecular formula is C23H29BrN4O3Si. The minimum atomic E-state index is -1.12. The van der Waals surface area contributed by atoms with Crippen molar-refractivity contribution in [2.24, 2.45) is 0 Å². The van der Waals surface area contributed by atoms with Crippen molar-refractivity contribution in [1.29, 1.82) is 0 Å². The summed E-state index contributed by atoms with van der Waals surface area (Å²) in [5.41, 5.74) is 3.83. The highest BCUT2D eigenvalue weighted by Gasteiger charge is 2.24. The first-order chi connectivity index (χ1) is 15.2. The Morgan fingerprint density at radius 2 is 2.16 bits per heavy atom. The summed E-state index contributed by atoms with van der Waals surface area (Å²) in [6, 6.07) is 7.14. The molecule has 0 spiro atoms. The predicted octanol–water partition coefficient (Wildman–Crippen LogP) is 5.42. The number of nitrogens with one attached hydrogen (secondary N) is 1. The zero-order chi connectivity index (χ0) is 22.9. The number of hydrogen-bond acceptors (Lipinski definition) is 5. The van der Waals surface area contributed by atoms with Gasteiger partial charge in [-0.15, -0.1) is 0 Å². The van der Waals surface area contributed by atoms with E-state index in [1.165, 1.54) is 5.56 Å². The van der Waals surface area contributed by atoms with Gasteiger partial charge in [-0.05, 0) is 58.1 Å². The first-order valence-corrected chi connectivity index (χ1v) is 15.4. The normalized spacial score (nSPS) is 15.7. The maximum absolute atomic E-state index is 11.5. The number of rotatable bonds is 8. The summed E-state index contributed by atoms with van der Waals surface area (Å²) in [6.07, 6.45) is 5.43. The maximum Gasteiger partial charge on any atom is 0.238 e. The fourth-order valence-electron chi connectivity index (χ4n) is 3.84. The number of carbonyl (C=O) groups is 1. The SMILES string of the molecule is CC(=O)NC1CCc2ccc(Oc3cnc4c(n3)c(Br)cn4COCC[Si](C)(C)C)cc21. The largest absolute Gasteiger partial charge is 0.437 e. The average molecular weight is 518 g/mol. The molecule has 1 aliphatic carbocycles. The van der Waals surface area contributed by atoms with Gasteiger partial charge in [0, 0.05) is 27.8 Å². The van der Waals surface area contributed by atoms with Crippen LogP contribution in [0, 0.1) is 0 Å². The lowest BCUT2D eigenvalue weighted by Gasteiger charge is -2.15. The van der Waals surface area contributed by atoms with Crippen molar-refractivity contribution < 1.29 is 14.3 Å². The van der Waals surface area contributed by atoms with E-state index in [4.69, 9.17) is 9.47 Å². The number of ether oxygens (including phenoxy) is 2. The summed E-state index contributed by atoms with van der Waals surface area (Å²) in [4.78, 5) is 20.7. The molecule has 1 unspecified atom stereocenters. The van der Waals surface area contributed by atoms with Crippen LogP contribution in [0.4, 0.5) is 0 Å². The Balaban J connectivity index is 1.48. The summed E-state index contributed by atoms with van der Waals surface area (Å²) in [7, 11) is -1.12. The highest BCUT2D eigenvalue weighted by molar-refractivity contribution is 9.10. The molecule has 1 amide bonds. The molecule has 0 bridgehead atoms. The van der Waals surface area contributed by atoms with Gasteiger partial charge in [-0.1, -0.05) is 25.7 Å². The fraction of sp³-hybridized carbons (Fsp3) is 0.435. The molecule has 1 N–H and O–H groups in total. The van der Waals surface area contributed by atoms with Crippen LogP contribution in [-0.2, 0) is 22.7 Å². The molecule has 1 aromatic carbocycles. The van der Waals surface area contributed by atoms with Crippen LogP contribution in [0.25, 0.3) is 11.2 Å². The van der Waals surface area contributed by atoms with E-state index in [0.29, 0.717) is 18.4 Å². The van der Waals surface area contributed by atoms with Crippen LogP contribution < -0.4 is 10.1 Å². The number of amides is 1. The van der Waals surface area contributed by atoms with Gasteiger partial charge in [0.1, 0.15) is 18.0 Å². The molecule has 2 heterocycles. The molecule has 1 atom stereocenters. The Kier molecular flexibility index (Phi) is 6.69. The highest BCUT2D eigenvalue weighted by atomic mass is 79.9. The van der Waals surface area contributed by atoms with E-state index >= 15 is 0 Å². The van der Waals surface area contributed by atoms with Gasteiger partial charge in [-0.3, -0.25) is 4.79 Å². The third kappa shape index (κ3) is 5.39. The van der Waals surface area contributed by atoms with E-state index in [1.54, 1.807) is 13.1 Å². The average Bonchev–Trinajstić information content (AvgIpc) is 3.25. The first-order valence-electron chi connectivity index (χ1n) is 10.9. The molecule has 1 aliphatic rings. The molecule has 7 nitrogen and oxygen atoms in total. The van der Waals surface area contributed by atoms with Crippen LogP contribution >= 0.6 is 15.9 Å². The molecule has 170 valence electrons. The third-order valence-corrected chi connectivity index (χ3v) is 7.80. The Bertz CT molecular complexity index is 1140. The van der Waals surface area contributed by atoms with Crippen molar-refractivity contribution in [3.05, 3.63) is 46.2 Å². The molecule has 32 heavy (non-hydrogen) atoms. The van der Waals surface area contributed by atoms with E-state index in [9.17, 15) is 4.79 Å². The minimum Gasteiger partial charge on any atom is -0.437 e. The number of aryl methyl sites for hydroxylation is 1. The van der Waals surface area contributed by atoms with Gasteiger partial charge >= 0.3 is 0 Å². The molecule has 3 aromatic rings. The quantitative estimate of drug-likeness (QED) is 0.319. The molecule has 9 heteroatoms. The van der Waals surface area contributed by atoms with Crippen LogP contribution in [-0.4, -0.2) is 35.1 Å². The van der Waals surface area contributed by atoms with Crippen molar-refractivity contribution in [3.63, 3.8) is 0 Å². The van der Waals surface area contributed by atoms with Gasteiger partial charge in [-0.2, -0.15) is 0 Å². The molecule has 0 saturated heterocycles. The molecular weight excluding hydrogens is 488 g/mol. The van der Waals surface area contributed by atoms with Gasteiger partial charge in [0.15, 0.2) is 5.65 Å². The molecule has 4 rings (SSSR count). The minimum absolute atomic E-state index is 0.0238. The standard InChI is InChI=1S/C23H29BrN4O3Si/c1-15(29)26-20-8-6-16-5-7-17(11-18(16)20)31-21-12-25-23-22(27-21)19(24)13-28(23)14-30-9-10-32(2,3)4/h5,7,11-13,20H,6,8-10,14H2,1-4H3,(H,26,29). The van der Waals surface area contributed by atoms with Crippen molar-refractivity contribution in [2.45, 2.75) is 58.2 Å². The van der Waals surface area contributed by atoms with Crippen LogP contribution in [0.5, 0.6) is 11.6 Å². The molecule has 2 aromatic heterocycles. The summed E-state index contributed by atoms with van der Waals surface area (Å²) in [5, 5.41) is 3.01. The van der Waals surface area contributed by atoms with Crippen LogP contribution in [0.15, 0.2) is 35.1 Å². The van der Waals surface area contributed by atoms with Crippen molar-refractivity contribution >= 4 is 41.1 Å². The number of hydrogen-bond donors (Lipinski definition) is 1. The predicted molar refractivity (Wildman–Crippen MR) is 131 cm³/mol. The van der Waals surface area contributed by atoms with Crippen molar-refractivity contribution in [1.82, 2.24) is 19.9 Å². The van der Waals surface area contributed by atoms with E-state index in [0.717, 1.165) is 46.7 Å². The third-order valence-electron chi connectivity index (χ3n) is 5.52. The Morgan fingerprint density at radius 3 is 2.91 bits per heavy atom. The Labute approximate surface area is 197 Å². The number of carbonyl (C=O) groups excluding carboxylic acids is 1. The first kappa shape index (κ1) is 22.9. The lowest BCUT2D eigenvalue weighted by atomic mass is 10.1. The summed E-state index contributed by atoms with van der Waals surface area (Å²) >= 11 is 3.58. The van der Waals surface area contributed by atoms with Crippen LogP contribution in [0.2, 0.25) is 25.7 Å². The van der Waals surface area contributed by atoms with E-state index in [-0.39, 0.29) is 11.9 Å². The van der Waals surface area contributed by atoms with Crippen LogP contribution in [0.3, 0.4) is 0 Å². The molecule has 0 saturated carbocycles. The van der Waals surface area contributed by atoms with Crippen molar-refractivity contribution in [2.75, 3.05) is 6.61 Å². The molecule has 0 fully saturated rings. The lowest BCUT2D eigenvalue weighted by molar-refractivity contribution is -0.119. The van der Waals surface area contributed by atoms with Crippen molar-refractivity contribution in [3.8, 4) is 11.6 Å². The van der Waals surface area contributed by atoms with Gasteiger partial charge in [-0.25, -0.2) is 9.97 Å². The summed E-state index contributed by atoms with van der Waals surface area (Å²) < 4.78 is 14.7. The Hall–Kier alpha value is -2.23. The van der Waals surface area contributed by atoms with Gasteiger partial charge in [0.2, 0.25) is 11.8 Å². The van der Waals surface area contributed by atoms with Gasteiger partial charge in [0.05, 0.1) is 16.7 Å². The topological polar surface area (TPSA) is 78.3 Å². The second-order valence-corrected chi connectivity index (χ2v) is 15.9. The number of nitrogens with zero attached hydrogens (tertiary/aromatic N) is 3. The Morgan fingerprint density at radius 1 is 1.34 bits per heavy atom. The second kappa shape index (κ2) is 9.33. The number of benzene rings is 1. The second-order valence-electron chi connectivity index (χ2n) is 9.43. The zero-order valence-corrected chi connectivity index (χ0v) is 21.5. The van der Waals surface area contributed by atoms with Gasteiger partial charge < -0.3 is 19.4 Å². The number of halogens is 1. The van der Waals surface area contributed by atoms with Gasteiger partial charge in [0.25, 0.3) is 0 Å². The lowest BCUT2D eigenvalue weighted by Crippen LogP contribution is -2.24. The summed E-state index contributed by atoms with van der Waals surface area (Å²) in [5.74, 6) is 1.08. The van der Waals surface area contributed by atoms with E-state index in [2.05, 4.69) is 56.9 Å². The van der Waals surface area contributed by atoms with Crippen LogP contribution in [0.1, 0.15) is 30.5 Å². The molecule has 0 aliphatic heterocycles. The number of fused-ring (bicyclic) bond motifs is 2. The maximum atomic E-state index is 11.5. The molecule has 0 radical (unpaired) electrons. The zero-order valence-electron chi connectivity index (χ0n) is 18.9. The highest BCUT2D eigenvalue weighted by Crippen LogP contribution is 2.35. The monoisotopic (exact) mass is 516 g/mol. The number of aromatic nitrogens is 3. The summed E-state index contributed by atoms with van der Waals surface area (Å²) in [6.45, 7) is 9.75. The smallest absolute Gasteiger partial charge is 0.238 e. The van der Waals surface area contributed by atoms with E-state index < -0.39 is 8.07 Å². The van der Waals surface area contributed by atoms with E-state index in [1.807, 2.05) is 22.9 Å². The fourth-order valence-corrected chi connectivity index (χ4v) is 5.11.